The highest BCUT2D eigenvalue weighted by Gasteiger charge is 2.37. The number of guanidine groups is 1. The number of ketones is 1. The molecule has 246 valence electrons. The minimum atomic E-state index is -1.47. The topological polar surface area (TPSA) is 284 Å². The van der Waals surface area contributed by atoms with Crippen LogP contribution in [-0.4, -0.2) is 77.8 Å². The number of rotatable bonds is 19. The minimum Gasteiger partial charge on any atom is -0.399 e. The van der Waals surface area contributed by atoms with Gasteiger partial charge in [-0.25, -0.2) is 0 Å². The monoisotopic (exact) mass is 619 g/mol. The molecule has 1 aromatic rings. The van der Waals surface area contributed by atoms with Gasteiger partial charge < -0.3 is 49.7 Å². The zero-order valence-electron chi connectivity index (χ0n) is 25.9. The van der Waals surface area contributed by atoms with Gasteiger partial charge in [-0.3, -0.25) is 29.0 Å². The number of primary amides is 1. The first-order chi connectivity index (χ1) is 20.6. The van der Waals surface area contributed by atoms with Crippen LogP contribution in [0.1, 0.15) is 64.9 Å². The molecule has 0 aliphatic heterocycles. The molecule has 44 heavy (non-hydrogen) atoms. The van der Waals surface area contributed by atoms with Gasteiger partial charge in [0.05, 0.1) is 12.6 Å². The summed E-state index contributed by atoms with van der Waals surface area (Å²) in [6, 6.07) is 1.44. The standard InChI is InChI=1S/C29H49N9O6/c1-15(2)12-21(37-26(42)19(31)14-39)24(40)23(17-7-9-18(30)10-8-17)28(44)36-20(6-5-11-35-29(33)34)27(43)38-22(25(32)41)13-16(3)4/h7-10,15-16,19-23,39H,5-6,11-14,30-31H2,1-4H3,(H2,32,41)(H,36,44)(H,37,42)(H,38,43)(H4,33,34,35)/t19-,20-,21-,22-,23?/m0/s1. The van der Waals surface area contributed by atoms with E-state index in [0.717, 1.165) is 0 Å². The molecule has 15 nitrogen and oxygen atoms in total. The molecular formula is C29H49N9O6. The molecule has 0 bridgehead atoms. The van der Waals surface area contributed by atoms with Gasteiger partial charge in [0, 0.05) is 12.2 Å². The minimum absolute atomic E-state index is 0.0299. The first-order valence-corrected chi connectivity index (χ1v) is 14.6. The molecule has 0 radical (unpaired) electrons. The summed E-state index contributed by atoms with van der Waals surface area (Å²) in [6.45, 7) is 6.90. The van der Waals surface area contributed by atoms with Crippen molar-refractivity contribution >= 4 is 41.1 Å². The van der Waals surface area contributed by atoms with Crippen molar-refractivity contribution in [2.75, 3.05) is 18.9 Å². The molecule has 0 aromatic heterocycles. The number of nitrogens with zero attached hydrogens (tertiary/aromatic N) is 1. The van der Waals surface area contributed by atoms with E-state index >= 15 is 0 Å². The van der Waals surface area contributed by atoms with Crippen LogP contribution in [0.4, 0.5) is 5.69 Å². The van der Waals surface area contributed by atoms with Crippen molar-refractivity contribution in [3.05, 3.63) is 29.8 Å². The predicted molar refractivity (Wildman–Crippen MR) is 167 cm³/mol. The Kier molecular flexibility index (Phi) is 15.8. The number of hydrogen-bond donors (Lipinski definition) is 9. The van der Waals surface area contributed by atoms with E-state index in [0.29, 0.717) is 5.69 Å². The van der Waals surface area contributed by atoms with E-state index in [1.807, 2.05) is 27.7 Å². The summed E-state index contributed by atoms with van der Waals surface area (Å²) in [5, 5.41) is 17.1. The molecular weight excluding hydrogens is 570 g/mol. The molecule has 0 aliphatic rings. The first kappa shape index (κ1) is 37.8. The first-order valence-electron chi connectivity index (χ1n) is 14.6. The third-order valence-corrected chi connectivity index (χ3v) is 6.66. The summed E-state index contributed by atoms with van der Waals surface area (Å²) < 4.78 is 0. The molecule has 0 saturated carbocycles. The highest BCUT2D eigenvalue weighted by Crippen LogP contribution is 2.23. The number of aliphatic imine (C=N–C) groups is 1. The van der Waals surface area contributed by atoms with Gasteiger partial charge in [-0.05, 0) is 55.2 Å². The van der Waals surface area contributed by atoms with Crippen molar-refractivity contribution in [2.45, 2.75) is 83.5 Å². The zero-order chi connectivity index (χ0) is 33.6. The Morgan fingerprint density at radius 3 is 1.82 bits per heavy atom. The van der Waals surface area contributed by atoms with Crippen LogP contribution in [-0.2, 0) is 24.0 Å². The van der Waals surface area contributed by atoms with Gasteiger partial charge in [0.1, 0.15) is 24.0 Å². The lowest BCUT2D eigenvalue weighted by molar-refractivity contribution is -0.137. The van der Waals surface area contributed by atoms with Crippen LogP contribution < -0.4 is 44.6 Å². The van der Waals surface area contributed by atoms with Crippen molar-refractivity contribution < 1.29 is 29.1 Å². The second-order valence-electron chi connectivity index (χ2n) is 11.6. The molecule has 4 amide bonds. The van der Waals surface area contributed by atoms with Crippen molar-refractivity contribution in [3.8, 4) is 0 Å². The molecule has 5 atom stereocenters. The lowest BCUT2D eigenvalue weighted by Gasteiger charge is -2.28. The van der Waals surface area contributed by atoms with Crippen molar-refractivity contribution in [2.24, 2.45) is 39.8 Å². The second-order valence-corrected chi connectivity index (χ2v) is 11.6. The number of amides is 4. The molecule has 0 heterocycles. The number of hydrogen-bond acceptors (Lipinski definition) is 9. The summed E-state index contributed by atoms with van der Waals surface area (Å²) in [5.41, 5.74) is 28.5. The largest absolute Gasteiger partial charge is 0.399 e. The second kappa shape index (κ2) is 18.4. The van der Waals surface area contributed by atoms with E-state index in [2.05, 4.69) is 20.9 Å². The normalized spacial score (nSPS) is 14.5. The van der Waals surface area contributed by atoms with Crippen LogP contribution in [0.2, 0.25) is 0 Å². The van der Waals surface area contributed by atoms with Gasteiger partial charge in [-0.2, -0.15) is 0 Å². The number of nitrogens with one attached hydrogen (secondary N) is 3. The molecule has 1 unspecified atom stereocenters. The Bertz CT molecular complexity index is 1150. The number of nitrogens with two attached hydrogens (primary N) is 5. The van der Waals surface area contributed by atoms with E-state index in [1.165, 1.54) is 24.3 Å². The number of carbonyl (C=O) groups is 5. The molecule has 0 fully saturated rings. The number of Topliss-reactive ketones (excluding diaryl/α,β-unsaturated/α-hetero) is 1. The number of aliphatic hydroxyl groups excluding tert-OH is 1. The highest BCUT2D eigenvalue weighted by molar-refractivity contribution is 6.10. The third-order valence-electron chi connectivity index (χ3n) is 6.66. The van der Waals surface area contributed by atoms with Crippen LogP contribution in [0, 0.1) is 11.8 Å². The Balaban J connectivity index is 3.48. The fourth-order valence-electron chi connectivity index (χ4n) is 4.43. The summed E-state index contributed by atoms with van der Waals surface area (Å²) in [6.07, 6.45) is 0.767. The molecule has 1 rings (SSSR count). The van der Waals surface area contributed by atoms with Gasteiger partial charge in [-0.15, -0.1) is 0 Å². The van der Waals surface area contributed by atoms with E-state index < -0.39 is 66.1 Å². The van der Waals surface area contributed by atoms with Crippen LogP contribution >= 0.6 is 0 Å². The quantitative estimate of drug-likeness (QED) is 0.0279. The fraction of sp³-hybridized carbons (Fsp3) is 0.586. The molecule has 14 N–H and O–H groups in total. The molecule has 15 heteroatoms. The Morgan fingerprint density at radius 1 is 0.795 bits per heavy atom. The molecule has 0 saturated heterocycles. The van der Waals surface area contributed by atoms with Gasteiger partial charge in [0.15, 0.2) is 11.7 Å². The number of aliphatic hydroxyl groups is 1. The Hall–Kier alpha value is -4.24. The van der Waals surface area contributed by atoms with Crippen molar-refractivity contribution in [1.29, 1.82) is 0 Å². The molecule has 0 aliphatic carbocycles. The maximum atomic E-state index is 14.0. The lowest BCUT2D eigenvalue weighted by Crippen LogP contribution is -2.56. The zero-order valence-corrected chi connectivity index (χ0v) is 25.9. The fourth-order valence-corrected chi connectivity index (χ4v) is 4.43. The van der Waals surface area contributed by atoms with Crippen molar-refractivity contribution in [1.82, 2.24) is 16.0 Å². The summed E-state index contributed by atoms with van der Waals surface area (Å²) in [4.78, 5) is 69.8. The number of benzene rings is 1. The maximum absolute atomic E-state index is 14.0. The summed E-state index contributed by atoms with van der Waals surface area (Å²) >= 11 is 0. The van der Waals surface area contributed by atoms with E-state index in [9.17, 15) is 29.1 Å². The number of nitrogen functional groups attached to an aromatic ring is 1. The smallest absolute Gasteiger partial charge is 0.243 e. The van der Waals surface area contributed by atoms with Gasteiger partial charge in [-0.1, -0.05) is 39.8 Å². The van der Waals surface area contributed by atoms with Gasteiger partial charge in [0.25, 0.3) is 0 Å². The van der Waals surface area contributed by atoms with E-state index in [4.69, 9.17) is 28.7 Å². The SMILES string of the molecule is CC(C)C[C@H](NC(=O)[C@H](CCCN=C(N)N)NC(=O)C(C(=O)[C@H](CC(C)C)NC(=O)[C@@H](N)CO)c1ccc(N)cc1)C(N)=O. The van der Waals surface area contributed by atoms with E-state index in [-0.39, 0.29) is 55.6 Å². The van der Waals surface area contributed by atoms with Crippen LogP contribution in [0.5, 0.6) is 0 Å². The lowest BCUT2D eigenvalue weighted by atomic mass is 9.86. The average Bonchev–Trinajstić information content (AvgIpc) is 2.93. The predicted octanol–water partition coefficient (Wildman–Crippen LogP) is -1.67. The summed E-state index contributed by atoms with van der Waals surface area (Å²) in [5.74, 6) is -5.33. The van der Waals surface area contributed by atoms with Gasteiger partial charge in [0.2, 0.25) is 23.6 Å². The number of anilines is 1. The Labute approximate surface area is 258 Å². The highest BCUT2D eigenvalue weighted by atomic mass is 16.3. The molecule has 1 aromatic carbocycles. The summed E-state index contributed by atoms with van der Waals surface area (Å²) in [7, 11) is 0. The maximum Gasteiger partial charge on any atom is 0.243 e. The van der Waals surface area contributed by atoms with Gasteiger partial charge >= 0.3 is 0 Å². The third kappa shape index (κ3) is 13.0. The van der Waals surface area contributed by atoms with Crippen molar-refractivity contribution in [3.63, 3.8) is 0 Å². The van der Waals surface area contributed by atoms with Crippen LogP contribution in [0.3, 0.4) is 0 Å². The van der Waals surface area contributed by atoms with Crippen LogP contribution in [0.15, 0.2) is 29.3 Å². The van der Waals surface area contributed by atoms with E-state index in [1.54, 1.807) is 0 Å². The average molecular weight is 620 g/mol. The molecule has 0 spiro atoms. The Morgan fingerprint density at radius 2 is 1.32 bits per heavy atom. The number of carbonyl (C=O) groups excluding carboxylic acids is 5. The van der Waals surface area contributed by atoms with Crippen LogP contribution in [0.25, 0.3) is 0 Å².